The molecule has 2 aromatic carbocycles. The largest absolute Gasteiger partial charge is 0.476 e. The molecule has 0 aromatic heterocycles. The zero-order chi connectivity index (χ0) is 24.2. The van der Waals surface area contributed by atoms with Gasteiger partial charge in [0.1, 0.15) is 5.57 Å². The van der Waals surface area contributed by atoms with Crippen molar-refractivity contribution in [2.75, 3.05) is 37.9 Å². The van der Waals surface area contributed by atoms with Crippen LogP contribution in [0.2, 0.25) is 0 Å². The summed E-state index contributed by atoms with van der Waals surface area (Å²) in [5, 5.41) is 12.8. The van der Waals surface area contributed by atoms with Crippen LogP contribution >= 0.6 is 15.9 Å². The van der Waals surface area contributed by atoms with Crippen LogP contribution in [0.25, 0.3) is 6.08 Å². The van der Waals surface area contributed by atoms with Gasteiger partial charge in [0, 0.05) is 19.2 Å². The average Bonchev–Trinajstić information content (AvgIpc) is 3.12. The summed E-state index contributed by atoms with van der Waals surface area (Å²) in [6.45, 7) is 1.31. The van der Waals surface area contributed by atoms with Gasteiger partial charge in [-0.25, -0.2) is 5.01 Å². The first kappa shape index (κ1) is 23.4. The lowest BCUT2D eigenvalue weighted by Gasteiger charge is -2.26. The molecule has 0 unspecified atom stereocenters. The van der Waals surface area contributed by atoms with E-state index in [2.05, 4.69) is 21.4 Å². The molecule has 2 saturated heterocycles. The van der Waals surface area contributed by atoms with E-state index in [0.29, 0.717) is 32.0 Å². The minimum absolute atomic E-state index is 0.123. The van der Waals surface area contributed by atoms with Crippen LogP contribution in [0.5, 0.6) is 5.75 Å². The van der Waals surface area contributed by atoms with Gasteiger partial charge < -0.3 is 14.4 Å². The lowest BCUT2D eigenvalue weighted by molar-refractivity contribution is -0.385. The van der Waals surface area contributed by atoms with E-state index in [4.69, 9.17) is 9.47 Å². The summed E-state index contributed by atoms with van der Waals surface area (Å²) in [4.78, 5) is 50.1. The Labute approximate surface area is 202 Å². The standard InChI is InChI=1S/C22H19BrN4O7/c23-17-11-14(10-16-21(29)24-26(22(16)30)15-4-2-1-3-5-15)12-18(27(31)32)20(17)34-13-19(28)25-6-8-33-9-7-25/h1-5,10-12H,6-9,13H2,(H,24,29)/b16-10-. The van der Waals surface area contributed by atoms with E-state index in [1.54, 1.807) is 35.2 Å². The lowest BCUT2D eigenvalue weighted by atomic mass is 10.1. The van der Waals surface area contributed by atoms with E-state index in [-0.39, 0.29) is 33.9 Å². The van der Waals surface area contributed by atoms with Crippen molar-refractivity contribution in [1.82, 2.24) is 10.3 Å². The van der Waals surface area contributed by atoms with Gasteiger partial charge in [-0.3, -0.25) is 29.9 Å². The fourth-order valence-corrected chi connectivity index (χ4v) is 4.06. The maximum Gasteiger partial charge on any atom is 0.312 e. The van der Waals surface area contributed by atoms with E-state index in [1.165, 1.54) is 18.2 Å². The summed E-state index contributed by atoms with van der Waals surface area (Å²) in [7, 11) is 0. The molecule has 34 heavy (non-hydrogen) atoms. The molecule has 176 valence electrons. The molecule has 2 aliphatic heterocycles. The number of nitrogens with one attached hydrogen (secondary N) is 1. The molecule has 12 heteroatoms. The number of hydrogen-bond acceptors (Lipinski definition) is 7. The third-order valence-electron chi connectivity index (χ3n) is 5.16. The molecule has 4 rings (SSSR count). The molecule has 0 saturated carbocycles. The number of para-hydroxylation sites is 1. The van der Waals surface area contributed by atoms with Crippen LogP contribution in [0.15, 0.2) is 52.5 Å². The molecule has 0 radical (unpaired) electrons. The van der Waals surface area contributed by atoms with Gasteiger partial charge in [-0.2, -0.15) is 0 Å². The van der Waals surface area contributed by atoms with Crippen LogP contribution in [-0.2, 0) is 19.1 Å². The number of halogens is 1. The molecule has 2 heterocycles. The summed E-state index contributed by atoms with van der Waals surface area (Å²) < 4.78 is 10.9. The number of nitro benzene ring substituents is 1. The SMILES string of the molecule is O=C1NN(c2ccccc2)C(=O)/C1=C\c1cc(Br)c(OCC(=O)N2CCOCC2)c([N+](=O)[O-])c1. The van der Waals surface area contributed by atoms with Crippen molar-refractivity contribution in [3.05, 3.63) is 68.2 Å². The number of carbonyl (C=O) groups excluding carboxylic acids is 3. The maximum atomic E-state index is 12.8. The number of nitrogens with zero attached hydrogens (tertiary/aromatic N) is 3. The van der Waals surface area contributed by atoms with Gasteiger partial charge >= 0.3 is 5.69 Å². The number of ether oxygens (including phenoxy) is 2. The molecule has 2 fully saturated rings. The number of nitro groups is 1. The van der Waals surface area contributed by atoms with E-state index in [1.807, 2.05) is 0 Å². The van der Waals surface area contributed by atoms with Gasteiger partial charge in [-0.15, -0.1) is 0 Å². The van der Waals surface area contributed by atoms with Gasteiger partial charge in [-0.1, -0.05) is 18.2 Å². The van der Waals surface area contributed by atoms with Crippen molar-refractivity contribution in [2.24, 2.45) is 0 Å². The first-order chi connectivity index (χ1) is 16.3. The Morgan fingerprint density at radius 3 is 2.59 bits per heavy atom. The molecule has 0 atom stereocenters. The number of morpholine rings is 1. The van der Waals surface area contributed by atoms with Gasteiger partial charge in [0.05, 0.1) is 28.3 Å². The molecule has 3 amide bonds. The van der Waals surface area contributed by atoms with Gasteiger partial charge in [-0.05, 0) is 45.8 Å². The van der Waals surface area contributed by atoms with Crippen molar-refractivity contribution in [3.63, 3.8) is 0 Å². The second kappa shape index (κ2) is 10.0. The molecule has 0 spiro atoms. The maximum absolute atomic E-state index is 12.8. The highest BCUT2D eigenvalue weighted by Crippen LogP contribution is 2.37. The fraction of sp³-hybridized carbons (Fsp3) is 0.227. The normalized spacial score (nSPS) is 17.1. The summed E-state index contributed by atoms with van der Waals surface area (Å²) in [5.74, 6) is -1.66. The highest BCUT2D eigenvalue weighted by Gasteiger charge is 2.34. The highest BCUT2D eigenvalue weighted by molar-refractivity contribution is 9.10. The number of anilines is 1. The van der Waals surface area contributed by atoms with Gasteiger partial charge in [0.2, 0.25) is 5.75 Å². The van der Waals surface area contributed by atoms with Gasteiger partial charge in [0.25, 0.3) is 17.7 Å². The summed E-state index contributed by atoms with van der Waals surface area (Å²) in [6.07, 6.45) is 1.26. The summed E-state index contributed by atoms with van der Waals surface area (Å²) >= 11 is 3.24. The lowest BCUT2D eigenvalue weighted by Crippen LogP contribution is -2.43. The van der Waals surface area contributed by atoms with Crippen LogP contribution in [0.1, 0.15) is 5.56 Å². The molecular weight excluding hydrogens is 512 g/mol. The third kappa shape index (κ3) is 4.92. The first-order valence-corrected chi connectivity index (χ1v) is 11.0. The number of benzene rings is 2. The Morgan fingerprint density at radius 1 is 1.21 bits per heavy atom. The zero-order valence-corrected chi connectivity index (χ0v) is 19.3. The summed E-state index contributed by atoms with van der Waals surface area (Å²) in [6, 6.07) is 11.2. The molecule has 2 aliphatic rings. The molecule has 0 bridgehead atoms. The quantitative estimate of drug-likeness (QED) is 0.261. The van der Waals surface area contributed by atoms with E-state index in [9.17, 15) is 24.5 Å². The van der Waals surface area contributed by atoms with Crippen molar-refractivity contribution in [3.8, 4) is 5.75 Å². The zero-order valence-electron chi connectivity index (χ0n) is 17.7. The van der Waals surface area contributed by atoms with Crippen molar-refractivity contribution in [1.29, 1.82) is 0 Å². The summed E-state index contributed by atoms with van der Waals surface area (Å²) in [5.41, 5.74) is 2.59. The van der Waals surface area contributed by atoms with Crippen LogP contribution in [0.4, 0.5) is 11.4 Å². The topological polar surface area (TPSA) is 131 Å². The van der Waals surface area contributed by atoms with E-state index in [0.717, 1.165) is 5.01 Å². The predicted octanol–water partition coefficient (Wildman–Crippen LogP) is 2.06. The fourth-order valence-electron chi connectivity index (χ4n) is 3.48. The third-order valence-corrected chi connectivity index (χ3v) is 5.75. The monoisotopic (exact) mass is 530 g/mol. The van der Waals surface area contributed by atoms with E-state index < -0.39 is 22.4 Å². The molecule has 0 aliphatic carbocycles. The highest BCUT2D eigenvalue weighted by atomic mass is 79.9. The van der Waals surface area contributed by atoms with Crippen LogP contribution < -0.4 is 15.2 Å². The number of rotatable bonds is 6. The van der Waals surface area contributed by atoms with Crippen molar-refractivity contribution in [2.45, 2.75) is 0 Å². The van der Waals surface area contributed by atoms with E-state index >= 15 is 0 Å². The Hall–Kier alpha value is -3.77. The van der Waals surface area contributed by atoms with Crippen LogP contribution in [0.3, 0.4) is 0 Å². The minimum atomic E-state index is -0.659. The average molecular weight is 531 g/mol. The number of amides is 3. The van der Waals surface area contributed by atoms with Crippen molar-refractivity contribution < 1.29 is 28.8 Å². The van der Waals surface area contributed by atoms with Crippen LogP contribution in [-0.4, -0.2) is 60.5 Å². The van der Waals surface area contributed by atoms with Gasteiger partial charge in [0.15, 0.2) is 6.61 Å². The minimum Gasteiger partial charge on any atom is -0.476 e. The number of carbonyl (C=O) groups is 3. The second-order valence-electron chi connectivity index (χ2n) is 7.36. The van der Waals surface area contributed by atoms with Crippen LogP contribution in [0, 0.1) is 10.1 Å². The predicted molar refractivity (Wildman–Crippen MR) is 124 cm³/mol. The Morgan fingerprint density at radius 2 is 1.91 bits per heavy atom. The molecule has 1 N–H and O–H groups in total. The number of hydrogen-bond donors (Lipinski definition) is 1. The number of hydrazine groups is 1. The smallest absolute Gasteiger partial charge is 0.312 e. The Kier molecular flexibility index (Phi) is 6.89. The Balaban J connectivity index is 1.57. The molecule has 2 aromatic rings. The first-order valence-electron chi connectivity index (χ1n) is 10.2. The molecular formula is C22H19BrN4O7. The molecule has 11 nitrogen and oxygen atoms in total. The Bertz CT molecular complexity index is 1180. The second-order valence-corrected chi connectivity index (χ2v) is 8.22. The van der Waals surface area contributed by atoms with Crippen molar-refractivity contribution >= 4 is 51.1 Å².